The Morgan fingerprint density at radius 1 is 1.00 bits per heavy atom. The van der Waals surface area contributed by atoms with E-state index in [1.54, 1.807) is 21.3 Å². The number of hydrogen-bond acceptors (Lipinski definition) is 4. The van der Waals surface area contributed by atoms with Gasteiger partial charge >= 0.3 is 0 Å². The maximum Gasteiger partial charge on any atom is 0.0949 e. The Morgan fingerprint density at radius 2 is 1.50 bits per heavy atom. The van der Waals surface area contributed by atoms with E-state index in [-0.39, 0.29) is 17.3 Å². The lowest BCUT2D eigenvalue weighted by Gasteiger charge is -2.43. The van der Waals surface area contributed by atoms with Crippen LogP contribution in [0.1, 0.15) is 25.7 Å². The van der Waals surface area contributed by atoms with Gasteiger partial charge in [-0.15, -0.1) is 0 Å². The molecule has 0 aromatic carbocycles. The summed E-state index contributed by atoms with van der Waals surface area (Å²) in [4.78, 5) is 0. The smallest absolute Gasteiger partial charge is 0.0949 e. The fourth-order valence-electron chi connectivity index (χ4n) is 3.22. The van der Waals surface area contributed by atoms with Crippen molar-refractivity contribution < 1.29 is 18.9 Å². The molecule has 0 saturated carbocycles. The van der Waals surface area contributed by atoms with Gasteiger partial charge in [0.2, 0.25) is 0 Å². The van der Waals surface area contributed by atoms with E-state index in [0.717, 1.165) is 25.7 Å². The predicted octanol–water partition coefficient (Wildman–Crippen LogP) is 1.38. The predicted molar refractivity (Wildman–Crippen MR) is 59.6 cm³/mol. The molecule has 0 radical (unpaired) electrons. The molecule has 0 spiro atoms. The first kappa shape index (κ1) is 12.3. The Balaban J connectivity index is 2.13. The zero-order valence-corrected chi connectivity index (χ0v) is 10.5. The lowest BCUT2D eigenvalue weighted by molar-refractivity contribution is -0.208. The second-order valence-corrected chi connectivity index (χ2v) is 5.10. The lowest BCUT2D eigenvalue weighted by Crippen LogP contribution is -2.50. The van der Waals surface area contributed by atoms with Gasteiger partial charge in [0, 0.05) is 34.2 Å². The van der Waals surface area contributed by atoms with E-state index in [1.807, 2.05) is 0 Å². The molecule has 94 valence electrons. The summed E-state index contributed by atoms with van der Waals surface area (Å²) in [6, 6.07) is 0. The second kappa shape index (κ2) is 4.61. The van der Waals surface area contributed by atoms with Gasteiger partial charge in [-0.05, 0) is 12.8 Å². The van der Waals surface area contributed by atoms with Gasteiger partial charge in [-0.1, -0.05) is 0 Å². The van der Waals surface area contributed by atoms with E-state index in [9.17, 15) is 0 Å². The van der Waals surface area contributed by atoms with Gasteiger partial charge in [0.05, 0.1) is 30.5 Å². The van der Waals surface area contributed by atoms with Gasteiger partial charge in [-0.2, -0.15) is 0 Å². The number of rotatable bonds is 5. The van der Waals surface area contributed by atoms with Crippen LogP contribution in [0, 0.1) is 0 Å². The SMILES string of the molecule is COCC12CCC(COC)(CC(OC)C1)O2. The maximum atomic E-state index is 6.26. The summed E-state index contributed by atoms with van der Waals surface area (Å²) in [5, 5.41) is 0. The van der Waals surface area contributed by atoms with Gasteiger partial charge in [0.25, 0.3) is 0 Å². The van der Waals surface area contributed by atoms with Crippen LogP contribution in [-0.4, -0.2) is 51.8 Å². The van der Waals surface area contributed by atoms with Crippen molar-refractivity contribution in [3.05, 3.63) is 0 Å². The van der Waals surface area contributed by atoms with Gasteiger partial charge in [-0.25, -0.2) is 0 Å². The van der Waals surface area contributed by atoms with E-state index in [4.69, 9.17) is 18.9 Å². The molecule has 0 aliphatic carbocycles. The molecule has 2 unspecified atom stereocenters. The van der Waals surface area contributed by atoms with Crippen LogP contribution >= 0.6 is 0 Å². The summed E-state index contributed by atoms with van der Waals surface area (Å²) in [6.07, 6.45) is 4.22. The van der Waals surface area contributed by atoms with Gasteiger partial charge in [0.15, 0.2) is 0 Å². The van der Waals surface area contributed by atoms with Crippen LogP contribution in [0.5, 0.6) is 0 Å². The molecule has 0 N–H and O–H groups in total. The van der Waals surface area contributed by atoms with Crippen LogP contribution in [0.15, 0.2) is 0 Å². The summed E-state index contributed by atoms with van der Waals surface area (Å²) in [7, 11) is 5.23. The Labute approximate surface area is 97.2 Å². The van der Waals surface area contributed by atoms with E-state index in [0.29, 0.717) is 13.2 Å². The molecule has 2 bridgehead atoms. The van der Waals surface area contributed by atoms with Crippen molar-refractivity contribution in [2.45, 2.75) is 43.0 Å². The van der Waals surface area contributed by atoms with Crippen LogP contribution in [-0.2, 0) is 18.9 Å². The van der Waals surface area contributed by atoms with E-state index in [1.165, 1.54) is 0 Å². The average Bonchev–Trinajstić information content (AvgIpc) is 2.52. The molecule has 0 aromatic rings. The number of fused-ring (bicyclic) bond motifs is 2. The van der Waals surface area contributed by atoms with Gasteiger partial charge < -0.3 is 18.9 Å². The number of ether oxygens (including phenoxy) is 4. The lowest BCUT2D eigenvalue weighted by atomic mass is 9.91. The zero-order chi connectivity index (χ0) is 11.6. The van der Waals surface area contributed by atoms with Crippen molar-refractivity contribution in [1.82, 2.24) is 0 Å². The molecular formula is C12H22O4. The molecule has 4 heteroatoms. The third kappa shape index (κ3) is 2.12. The summed E-state index contributed by atoms with van der Waals surface area (Å²) in [5.41, 5.74) is -0.293. The molecule has 2 aliphatic rings. The molecule has 4 nitrogen and oxygen atoms in total. The Morgan fingerprint density at radius 3 is 1.88 bits per heavy atom. The van der Waals surface area contributed by atoms with E-state index >= 15 is 0 Å². The molecule has 16 heavy (non-hydrogen) atoms. The highest BCUT2D eigenvalue weighted by molar-refractivity contribution is 5.04. The molecular weight excluding hydrogens is 208 g/mol. The highest BCUT2D eigenvalue weighted by Gasteiger charge is 2.55. The highest BCUT2D eigenvalue weighted by Crippen LogP contribution is 2.49. The van der Waals surface area contributed by atoms with Crippen LogP contribution in [0.4, 0.5) is 0 Å². The first-order chi connectivity index (χ1) is 7.67. The average molecular weight is 230 g/mol. The first-order valence-corrected chi connectivity index (χ1v) is 5.88. The zero-order valence-electron chi connectivity index (χ0n) is 10.5. The minimum atomic E-state index is -0.147. The van der Waals surface area contributed by atoms with Crippen LogP contribution in [0.3, 0.4) is 0 Å². The quantitative estimate of drug-likeness (QED) is 0.715. The highest BCUT2D eigenvalue weighted by atomic mass is 16.6. The normalized spacial score (nSPS) is 42.6. The topological polar surface area (TPSA) is 36.9 Å². The van der Waals surface area contributed by atoms with Crippen LogP contribution < -0.4 is 0 Å². The summed E-state index contributed by atoms with van der Waals surface area (Å²) >= 11 is 0. The Kier molecular flexibility index (Phi) is 3.54. The van der Waals surface area contributed by atoms with Crippen molar-refractivity contribution in [2.75, 3.05) is 34.5 Å². The third-order valence-corrected chi connectivity index (χ3v) is 3.82. The van der Waals surface area contributed by atoms with E-state index in [2.05, 4.69) is 0 Å². The van der Waals surface area contributed by atoms with Crippen molar-refractivity contribution in [3.63, 3.8) is 0 Å². The molecule has 2 atom stereocenters. The van der Waals surface area contributed by atoms with Crippen LogP contribution in [0.25, 0.3) is 0 Å². The maximum absolute atomic E-state index is 6.26. The van der Waals surface area contributed by atoms with Crippen molar-refractivity contribution in [2.24, 2.45) is 0 Å². The summed E-state index contributed by atoms with van der Waals surface area (Å²) in [5.74, 6) is 0. The molecule has 2 heterocycles. The molecule has 2 aliphatic heterocycles. The minimum absolute atomic E-state index is 0.147. The first-order valence-electron chi connectivity index (χ1n) is 5.88. The van der Waals surface area contributed by atoms with Crippen molar-refractivity contribution in [1.29, 1.82) is 0 Å². The second-order valence-electron chi connectivity index (χ2n) is 5.10. The number of methoxy groups -OCH3 is 3. The van der Waals surface area contributed by atoms with Crippen molar-refractivity contribution in [3.8, 4) is 0 Å². The monoisotopic (exact) mass is 230 g/mol. The van der Waals surface area contributed by atoms with Crippen molar-refractivity contribution >= 4 is 0 Å². The molecule has 0 amide bonds. The number of hydrogen-bond donors (Lipinski definition) is 0. The fraction of sp³-hybridized carbons (Fsp3) is 1.00. The summed E-state index contributed by atoms with van der Waals surface area (Å²) in [6.45, 7) is 1.30. The van der Waals surface area contributed by atoms with Gasteiger partial charge in [0.1, 0.15) is 0 Å². The van der Waals surface area contributed by atoms with Crippen LogP contribution in [0.2, 0.25) is 0 Å². The molecule has 2 rings (SSSR count). The molecule has 0 aromatic heterocycles. The summed E-state index contributed by atoms with van der Waals surface area (Å²) < 4.78 is 22.4. The van der Waals surface area contributed by atoms with Gasteiger partial charge in [-0.3, -0.25) is 0 Å². The Hall–Kier alpha value is -0.160. The standard InChI is InChI=1S/C12H22O4/c1-13-8-11-4-5-12(16-11,9-14-2)7-10(6-11)15-3/h10H,4-9H2,1-3H3. The van der Waals surface area contributed by atoms with E-state index < -0.39 is 0 Å². The largest absolute Gasteiger partial charge is 0.382 e. The Bertz CT molecular complexity index is 223. The molecule has 2 fully saturated rings. The minimum Gasteiger partial charge on any atom is -0.382 e. The third-order valence-electron chi connectivity index (χ3n) is 3.82. The molecule has 2 saturated heterocycles. The fourth-order valence-corrected chi connectivity index (χ4v) is 3.22.